The SMILES string of the molecule is C=C1C(=NCCC(F)(F)F)CC(Cl)=NN1C. The van der Waals surface area contributed by atoms with Gasteiger partial charge < -0.3 is 0 Å². The van der Waals surface area contributed by atoms with Crippen LogP contribution in [0.15, 0.2) is 22.4 Å². The van der Waals surface area contributed by atoms with E-state index < -0.39 is 12.6 Å². The molecule has 0 radical (unpaired) electrons. The lowest BCUT2D eigenvalue weighted by atomic mass is 10.2. The summed E-state index contributed by atoms with van der Waals surface area (Å²) in [7, 11) is 1.61. The topological polar surface area (TPSA) is 28.0 Å². The monoisotopic (exact) mass is 253 g/mol. The van der Waals surface area contributed by atoms with Gasteiger partial charge in [-0.05, 0) is 0 Å². The molecule has 1 heterocycles. The zero-order valence-electron chi connectivity index (χ0n) is 8.68. The molecule has 0 saturated heterocycles. The molecule has 0 saturated carbocycles. The molecule has 90 valence electrons. The molecule has 16 heavy (non-hydrogen) atoms. The van der Waals surface area contributed by atoms with Gasteiger partial charge in [0, 0.05) is 20.0 Å². The fraction of sp³-hybridized carbons (Fsp3) is 0.556. The van der Waals surface area contributed by atoms with Crippen LogP contribution in [0.2, 0.25) is 0 Å². The van der Waals surface area contributed by atoms with Crippen molar-refractivity contribution in [3.63, 3.8) is 0 Å². The predicted molar refractivity (Wildman–Crippen MR) is 57.8 cm³/mol. The molecular formula is C9H11ClF3N3. The van der Waals surface area contributed by atoms with E-state index in [1.807, 2.05) is 0 Å². The van der Waals surface area contributed by atoms with Crippen molar-refractivity contribution in [3.8, 4) is 0 Å². The fourth-order valence-corrected chi connectivity index (χ4v) is 1.39. The number of rotatable bonds is 2. The lowest BCUT2D eigenvalue weighted by Crippen LogP contribution is -2.26. The smallest absolute Gasteiger partial charge is 0.287 e. The number of nitrogens with zero attached hydrogens (tertiary/aromatic N) is 3. The van der Waals surface area contributed by atoms with Gasteiger partial charge in [0.2, 0.25) is 0 Å². The lowest BCUT2D eigenvalue weighted by Gasteiger charge is -2.22. The van der Waals surface area contributed by atoms with E-state index in [1.54, 1.807) is 7.05 Å². The highest BCUT2D eigenvalue weighted by Gasteiger charge is 2.26. The van der Waals surface area contributed by atoms with Gasteiger partial charge in [0.15, 0.2) is 0 Å². The Morgan fingerprint density at radius 3 is 2.75 bits per heavy atom. The molecule has 1 rings (SSSR count). The van der Waals surface area contributed by atoms with Crippen LogP contribution in [0.3, 0.4) is 0 Å². The van der Waals surface area contributed by atoms with E-state index >= 15 is 0 Å². The minimum Gasteiger partial charge on any atom is -0.287 e. The van der Waals surface area contributed by atoms with Crippen molar-refractivity contribution in [1.29, 1.82) is 0 Å². The van der Waals surface area contributed by atoms with Crippen molar-refractivity contribution in [2.75, 3.05) is 13.6 Å². The van der Waals surface area contributed by atoms with Crippen molar-refractivity contribution < 1.29 is 13.2 Å². The highest BCUT2D eigenvalue weighted by molar-refractivity contribution is 6.67. The van der Waals surface area contributed by atoms with Crippen molar-refractivity contribution in [1.82, 2.24) is 5.01 Å². The summed E-state index contributed by atoms with van der Waals surface area (Å²) < 4.78 is 35.7. The van der Waals surface area contributed by atoms with Gasteiger partial charge in [-0.1, -0.05) is 18.2 Å². The molecule has 0 bridgehead atoms. The summed E-state index contributed by atoms with van der Waals surface area (Å²) in [5.41, 5.74) is 0.929. The molecule has 0 spiro atoms. The van der Waals surface area contributed by atoms with Gasteiger partial charge in [-0.2, -0.15) is 18.3 Å². The van der Waals surface area contributed by atoms with Crippen LogP contribution < -0.4 is 0 Å². The van der Waals surface area contributed by atoms with Crippen LogP contribution in [0.1, 0.15) is 12.8 Å². The average Bonchev–Trinajstić information content (AvgIpc) is 2.11. The summed E-state index contributed by atoms with van der Waals surface area (Å²) >= 11 is 5.70. The molecule has 0 unspecified atom stereocenters. The maximum atomic E-state index is 11.9. The molecule has 0 atom stereocenters. The molecule has 0 fully saturated rings. The van der Waals surface area contributed by atoms with Crippen LogP contribution in [0, 0.1) is 0 Å². The third-order valence-corrected chi connectivity index (χ3v) is 2.20. The second kappa shape index (κ2) is 4.86. The molecule has 3 nitrogen and oxygen atoms in total. The zero-order valence-corrected chi connectivity index (χ0v) is 9.44. The summed E-state index contributed by atoms with van der Waals surface area (Å²) in [4.78, 5) is 3.84. The number of hydrogen-bond acceptors (Lipinski definition) is 3. The first-order valence-corrected chi connectivity index (χ1v) is 4.93. The van der Waals surface area contributed by atoms with Gasteiger partial charge in [0.1, 0.15) is 5.17 Å². The third kappa shape index (κ3) is 3.84. The molecule has 0 aromatic carbocycles. The first-order valence-electron chi connectivity index (χ1n) is 4.55. The number of allylic oxidation sites excluding steroid dienone is 1. The summed E-state index contributed by atoms with van der Waals surface area (Å²) in [5, 5.41) is 5.58. The number of hydrogen-bond donors (Lipinski definition) is 0. The van der Waals surface area contributed by atoms with Gasteiger partial charge in [-0.3, -0.25) is 10.0 Å². The van der Waals surface area contributed by atoms with E-state index in [9.17, 15) is 13.2 Å². The van der Waals surface area contributed by atoms with Gasteiger partial charge in [-0.15, -0.1) is 0 Å². The maximum absolute atomic E-state index is 11.9. The summed E-state index contributed by atoms with van der Waals surface area (Å²) in [5.74, 6) is 0. The lowest BCUT2D eigenvalue weighted by molar-refractivity contribution is -0.132. The molecule has 0 amide bonds. The maximum Gasteiger partial charge on any atom is 0.390 e. The van der Waals surface area contributed by atoms with Crippen molar-refractivity contribution in [2.24, 2.45) is 10.1 Å². The largest absolute Gasteiger partial charge is 0.390 e. The third-order valence-electron chi connectivity index (χ3n) is 1.99. The van der Waals surface area contributed by atoms with Crippen molar-refractivity contribution >= 4 is 22.5 Å². The van der Waals surface area contributed by atoms with Crippen LogP contribution in [0.25, 0.3) is 0 Å². The minimum absolute atomic E-state index is 0.239. The van der Waals surface area contributed by atoms with E-state index in [0.29, 0.717) is 16.6 Å². The molecule has 0 aromatic rings. The Hall–Kier alpha value is -1.04. The zero-order chi connectivity index (χ0) is 12.3. The van der Waals surface area contributed by atoms with E-state index in [1.165, 1.54) is 5.01 Å². The molecule has 1 aliphatic heterocycles. The molecule has 0 N–H and O–H groups in total. The number of alkyl halides is 3. The Balaban J connectivity index is 2.63. The normalized spacial score (nSPS) is 20.3. The van der Waals surface area contributed by atoms with Crippen LogP contribution in [0.4, 0.5) is 13.2 Å². The Kier molecular flexibility index (Phi) is 3.96. The first-order chi connectivity index (χ1) is 7.29. The Bertz CT molecular complexity index is 346. The fourth-order valence-electron chi connectivity index (χ4n) is 1.15. The van der Waals surface area contributed by atoms with E-state index in [0.717, 1.165) is 0 Å². The van der Waals surface area contributed by atoms with Crippen molar-refractivity contribution in [2.45, 2.75) is 19.0 Å². The number of aliphatic imine (C=N–C) groups is 1. The number of hydrazone groups is 1. The number of halogens is 4. The van der Waals surface area contributed by atoms with Gasteiger partial charge in [0.05, 0.1) is 17.8 Å². The Morgan fingerprint density at radius 2 is 2.19 bits per heavy atom. The minimum atomic E-state index is -4.19. The van der Waals surface area contributed by atoms with Gasteiger partial charge in [0.25, 0.3) is 0 Å². The summed E-state index contributed by atoms with van der Waals surface area (Å²) in [6.45, 7) is 3.36. The van der Waals surface area contributed by atoms with Gasteiger partial charge in [-0.25, -0.2) is 0 Å². The van der Waals surface area contributed by atoms with Gasteiger partial charge >= 0.3 is 6.18 Å². The van der Waals surface area contributed by atoms with E-state index in [2.05, 4.69) is 16.7 Å². The summed E-state index contributed by atoms with van der Waals surface area (Å²) in [6, 6.07) is 0. The average molecular weight is 254 g/mol. The van der Waals surface area contributed by atoms with Crippen LogP contribution in [-0.2, 0) is 0 Å². The molecule has 0 aliphatic carbocycles. The second-order valence-corrected chi connectivity index (χ2v) is 3.75. The molecular weight excluding hydrogens is 243 g/mol. The van der Waals surface area contributed by atoms with E-state index in [4.69, 9.17) is 11.6 Å². The quantitative estimate of drug-likeness (QED) is 0.744. The van der Waals surface area contributed by atoms with Crippen molar-refractivity contribution in [3.05, 3.63) is 12.3 Å². The van der Waals surface area contributed by atoms with Crippen LogP contribution in [-0.4, -0.2) is 35.7 Å². The first kappa shape index (κ1) is 13.0. The Labute approximate surface area is 96.3 Å². The summed E-state index contributed by atoms with van der Waals surface area (Å²) in [6.07, 6.45) is -4.89. The highest BCUT2D eigenvalue weighted by atomic mass is 35.5. The second-order valence-electron chi connectivity index (χ2n) is 3.32. The van der Waals surface area contributed by atoms with Crippen LogP contribution in [0.5, 0.6) is 0 Å². The predicted octanol–water partition coefficient (Wildman–Crippen LogP) is 2.78. The Morgan fingerprint density at radius 1 is 1.56 bits per heavy atom. The molecule has 0 aromatic heterocycles. The highest BCUT2D eigenvalue weighted by Crippen LogP contribution is 2.20. The molecule has 1 aliphatic rings. The van der Waals surface area contributed by atoms with E-state index in [-0.39, 0.29) is 13.0 Å². The van der Waals surface area contributed by atoms with Crippen LogP contribution >= 0.6 is 11.6 Å². The molecule has 7 heteroatoms. The standard InChI is InChI=1S/C9H11ClF3N3/c1-6-7(5-8(10)15-16(6)2)14-4-3-9(11,12)13/h1,3-5H2,2H3.